The van der Waals surface area contributed by atoms with E-state index in [0.717, 1.165) is 4.88 Å². The lowest BCUT2D eigenvalue weighted by Gasteiger charge is -1.96. The Balaban J connectivity index is 1.77. The minimum Gasteiger partial charge on any atom is -0.458 e. The smallest absolute Gasteiger partial charge is 0.363 e. The summed E-state index contributed by atoms with van der Waals surface area (Å²) in [5, 5.41) is 1.88. The average Bonchev–Trinajstić information content (AvgIpc) is 3.19. The van der Waals surface area contributed by atoms with Crippen LogP contribution in [0.3, 0.4) is 0 Å². The largest absolute Gasteiger partial charge is 0.458 e. The molecule has 6 nitrogen and oxygen atoms in total. The monoisotopic (exact) mass is 317 g/mol. The number of thiophene rings is 1. The van der Waals surface area contributed by atoms with E-state index >= 15 is 0 Å². The van der Waals surface area contributed by atoms with Gasteiger partial charge in [-0.25, -0.2) is 9.79 Å². The SMILES string of the molecule is CC(=O)OCc1ccc(C=C2N=C(c3cccs3)OC2=O)o1. The number of carbonyl (C=O) groups excluding carboxylic acids is 2. The Morgan fingerprint density at radius 2 is 2.27 bits per heavy atom. The number of rotatable bonds is 4. The van der Waals surface area contributed by atoms with Crippen LogP contribution in [0.1, 0.15) is 23.3 Å². The fourth-order valence-electron chi connectivity index (χ4n) is 1.77. The van der Waals surface area contributed by atoms with E-state index in [-0.39, 0.29) is 24.2 Å². The Morgan fingerprint density at radius 1 is 1.41 bits per heavy atom. The van der Waals surface area contributed by atoms with Gasteiger partial charge in [0.25, 0.3) is 0 Å². The third-order valence-corrected chi connectivity index (χ3v) is 3.59. The fraction of sp³-hybridized carbons (Fsp3) is 0.133. The number of esters is 2. The number of hydrogen-bond donors (Lipinski definition) is 0. The van der Waals surface area contributed by atoms with Crippen molar-refractivity contribution in [1.82, 2.24) is 0 Å². The first kappa shape index (κ1) is 14.3. The minimum absolute atomic E-state index is 0.0483. The molecule has 0 amide bonds. The Morgan fingerprint density at radius 3 is 3.00 bits per heavy atom. The van der Waals surface area contributed by atoms with E-state index in [0.29, 0.717) is 11.5 Å². The van der Waals surface area contributed by atoms with E-state index in [1.807, 2.05) is 17.5 Å². The van der Waals surface area contributed by atoms with Gasteiger partial charge in [-0.3, -0.25) is 4.79 Å². The molecule has 1 aliphatic heterocycles. The van der Waals surface area contributed by atoms with E-state index in [1.165, 1.54) is 24.3 Å². The number of carbonyl (C=O) groups is 2. The van der Waals surface area contributed by atoms with Crippen molar-refractivity contribution >= 4 is 35.2 Å². The number of ether oxygens (including phenoxy) is 2. The molecular formula is C15H11NO5S. The Bertz CT molecular complexity index is 770. The van der Waals surface area contributed by atoms with Crippen molar-refractivity contribution in [2.45, 2.75) is 13.5 Å². The molecule has 0 spiro atoms. The highest BCUT2D eigenvalue weighted by Gasteiger charge is 2.25. The zero-order valence-electron chi connectivity index (χ0n) is 11.6. The number of cyclic esters (lactones) is 1. The second-order valence-electron chi connectivity index (χ2n) is 4.40. The van der Waals surface area contributed by atoms with Gasteiger partial charge in [0.15, 0.2) is 5.70 Å². The van der Waals surface area contributed by atoms with E-state index in [2.05, 4.69) is 4.99 Å². The molecule has 0 saturated heterocycles. The summed E-state index contributed by atoms with van der Waals surface area (Å²) in [5.41, 5.74) is 0.164. The molecule has 3 heterocycles. The van der Waals surface area contributed by atoms with Gasteiger partial charge >= 0.3 is 11.9 Å². The molecule has 2 aromatic rings. The van der Waals surface area contributed by atoms with Crippen molar-refractivity contribution in [3.8, 4) is 0 Å². The van der Waals surface area contributed by atoms with Gasteiger partial charge < -0.3 is 13.9 Å². The zero-order chi connectivity index (χ0) is 15.5. The van der Waals surface area contributed by atoms with Gasteiger partial charge in [-0.2, -0.15) is 0 Å². The van der Waals surface area contributed by atoms with Crippen molar-refractivity contribution in [2.24, 2.45) is 4.99 Å². The molecule has 0 unspecified atom stereocenters. The van der Waals surface area contributed by atoms with Crippen LogP contribution in [0.5, 0.6) is 0 Å². The molecule has 0 fully saturated rings. The first-order valence-electron chi connectivity index (χ1n) is 6.40. The van der Waals surface area contributed by atoms with Crippen LogP contribution < -0.4 is 0 Å². The summed E-state index contributed by atoms with van der Waals surface area (Å²) < 4.78 is 15.4. The third-order valence-electron chi connectivity index (χ3n) is 2.73. The van der Waals surface area contributed by atoms with Crippen molar-refractivity contribution in [3.63, 3.8) is 0 Å². The number of hydrogen-bond acceptors (Lipinski definition) is 7. The van der Waals surface area contributed by atoms with Gasteiger partial charge in [0.05, 0.1) is 4.88 Å². The maximum Gasteiger partial charge on any atom is 0.363 e. The Hall–Kier alpha value is -2.67. The summed E-state index contributed by atoms with van der Waals surface area (Å²) in [6.45, 7) is 1.37. The van der Waals surface area contributed by atoms with E-state index in [4.69, 9.17) is 13.9 Å². The van der Waals surface area contributed by atoms with Crippen molar-refractivity contribution in [1.29, 1.82) is 0 Å². The molecule has 0 N–H and O–H groups in total. The van der Waals surface area contributed by atoms with Crippen LogP contribution in [0.2, 0.25) is 0 Å². The molecule has 0 atom stereocenters. The van der Waals surface area contributed by atoms with Crippen molar-refractivity contribution < 1.29 is 23.5 Å². The van der Waals surface area contributed by atoms with E-state index < -0.39 is 5.97 Å². The molecule has 0 aliphatic carbocycles. The normalized spacial score (nSPS) is 15.8. The van der Waals surface area contributed by atoms with Crippen LogP contribution in [0.25, 0.3) is 6.08 Å². The molecule has 2 aromatic heterocycles. The third kappa shape index (κ3) is 3.15. The van der Waals surface area contributed by atoms with E-state index in [9.17, 15) is 9.59 Å². The number of aliphatic imine (C=N–C) groups is 1. The summed E-state index contributed by atoms with van der Waals surface area (Å²) in [6, 6.07) is 7.01. The van der Waals surface area contributed by atoms with Crippen LogP contribution in [0, 0.1) is 0 Å². The molecule has 0 radical (unpaired) electrons. The zero-order valence-corrected chi connectivity index (χ0v) is 12.4. The van der Waals surface area contributed by atoms with Gasteiger partial charge in [-0.15, -0.1) is 11.3 Å². The van der Waals surface area contributed by atoms with Crippen LogP contribution >= 0.6 is 11.3 Å². The molecule has 7 heteroatoms. The molecule has 3 rings (SSSR count). The summed E-state index contributed by atoms with van der Waals surface area (Å²) in [7, 11) is 0. The van der Waals surface area contributed by atoms with Gasteiger partial charge in [0, 0.05) is 13.0 Å². The number of nitrogens with zero attached hydrogens (tertiary/aromatic N) is 1. The molecule has 1 aliphatic rings. The molecule has 0 saturated carbocycles. The maximum absolute atomic E-state index is 11.8. The topological polar surface area (TPSA) is 78.1 Å². The van der Waals surface area contributed by atoms with Crippen molar-refractivity contribution in [2.75, 3.05) is 0 Å². The first-order valence-corrected chi connectivity index (χ1v) is 7.28. The lowest BCUT2D eigenvalue weighted by Crippen LogP contribution is -2.03. The van der Waals surface area contributed by atoms with E-state index in [1.54, 1.807) is 12.1 Å². The molecule has 22 heavy (non-hydrogen) atoms. The highest BCUT2D eigenvalue weighted by Crippen LogP contribution is 2.22. The quantitative estimate of drug-likeness (QED) is 0.640. The fourth-order valence-corrected chi connectivity index (χ4v) is 2.42. The van der Waals surface area contributed by atoms with Gasteiger partial charge in [0.2, 0.25) is 5.90 Å². The molecule has 0 bridgehead atoms. The standard InChI is InChI=1S/C15H11NO5S/c1-9(17)19-8-11-5-4-10(20-11)7-12-15(18)21-14(16-12)13-3-2-6-22-13/h2-7H,8H2,1H3. The van der Waals surface area contributed by atoms with Gasteiger partial charge in [0.1, 0.15) is 18.1 Å². The van der Waals surface area contributed by atoms with Crippen LogP contribution in [-0.4, -0.2) is 17.8 Å². The summed E-state index contributed by atoms with van der Waals surface area (Å²) in [5.74, 6) is 0.293. The predicted octanol–water partition coefficient (Wildman–Crippen LogP) is 2.75. The summed E-state index contributed by atoms with van der Waals surface area (Å²) >= 11 is 1.44. The lowest BCUT2D eigenvalue weighted by molar-refractivity contribution is -0.142. The minimum atomic E-state index is -0.527. The Kier molecular flexibility index (Phi) is 3.88. The number of furan rings is 1. The lowest BCUT2D eigenvalue weighted by atomic mass is 10.3. The van der Waals surface area contributed by atoms with Crippen molar-refractivity contribution in [3.05, 3.63) is 51.7 Å². The molecule has 112 valence electrons. The molecule has 0 aromatic carbocycles. The average molecular weight is 317 g/mol. The first-order chi connectivity index (χ1) is 10.6. The maximum atomic E-state index is 11.8. The summed E-state index contributed by atoms with van der Waals surface area (Å²) in [6.07, 6.45) is 1.49. The summed E-state index contributed by atoms with van der Waals surface area (Å²) in [4.78, 5) is 27.5. The van der Waals surface area contributed by atoms with Crippen LogP contribution in [0.4, 0.5) is 0 Å². The Labute approximate surface area is 129 Å². The second-order valence-corrected chi connectivity index (χ2v) is 5.35. The highest BCUT2D eigenvalue weighted by atomic mass is 32.1. The molecular weight excluding hydrogens is 306 g/mol. The predicted molar refractivity (Wildman–Crippen MR) is 79.1 cm³/mol. The van der Waals surface area contributed by atoms with Crippen LogP contribution in [-0.2, 0) is 25.7 Å². The van der Waals surface area contributed by atoms with Gasteiger partial charge in [-0.05, 0) is 23.6 Å². The second kappa shape index (κ2) is 5.98. The van der Waals surface area contributed by atoms with Crippen LogP contribution in [0.15, 0.2) is 44.8 Å². The van der Waals surface area contributed by atoms with Gasteiger partial charge in [-0.1, -0.05) is 6.07 Å². The highest BCUT2D eigenvalue weighted by molar-refractivity contribution is 7.12.